The molecule has 3 aromatic rings. The number of halogens is 2. The third kappa shape index (κ3) is 4.05. The van der Waals surface area contributed by atoms with E-state index in [-0.39, 0.29) is 22.6 Å². The van der Waals surface area contributed by atoms with Crippen molar-refractivity contribution in [3.05, 3.63) is 89.3 Å². The van der Waals surface area contributed by atoms with E-state index < -0.39 is 17.5 Å². The molecule has 0 atom stereocenters. The molecule has 0 spiro atoms. The van der Waals surface area contributed by atoms with Crippen LogP contribution in [-0.4, -0.2) is 27.3 Å². The number of carboxylic acid groups (broad SMARTS) is 1. The zero-order valence-electron chi connectivity index (χ0n) is 21.0. The predicted molar refractivity (Wildman–Crippen MR) is 148 cm³/mol. The molecule has 37 heavy (non-hydrogen) atoms. The number of benzene rings is 3. The molecule has 3 aromatic carbocycles. The van der Waals surface area contributed by atoms with Gasteiger partial charge in [0.15, 0.2) is 5.60 Å². The fraction of sp³-hybridized carbons (Fsp3) is 0.310. The van der Waals surface area contributed by atoms with Crippen LogP contribution in [-0.2, 0) is 36.0 Å². The number of ether oxygens (including phenoxy) is 1. The Morgan fingerprint density at radius 2 is 1.27 bits per heavy atom. The largest absolute Gasteiger partial charge is 0.506 e. The minimum Gasteiger partial charge on any atom is -0.506 e. The van der Waals surface area contributed by atoms with Gasteiger partial charge < -0.3 is 20.1 Å². The molecule has 1 aliphatic rings. The van der Waals surface area contributed by atoms with Crippen LogP contribution < -0.4 is 0 Å². The van der Waals surface area contributed by atoms with Gasteiger partial charge in [-0.25, -0.2) is 9.59 Å². The highest BCUT2D eigenvalue weighted by molar-refractivity contribution is 9.11. The summed E-state index contributed by atoms with van der Waals surface area (Å²) in [7, 11) is 0. The molecule has 6 nitrogen and oxygen atoms in total. The molecule has 0 saturated carbocycles. The first-order valence-electron chi connectivity index (χ1n) is 12.3. The van der Waals surface area contributed by atoms with Gasteiger partial charge in [0.25, 0.3) is 0 Å². The molecule has 0 aliphatic carbocycles. The van der Waals surface area contributed by atoms with Crippen LogP contribution in [0, 0.1) is 0 Å². The van der Waals surface area contributed by atoms with Crippen molar-refractivity contribution in [1.82, 2.24) is 0 Å². The second kappa shape index (κ2) is 10.1. The number of aromatic carboxylic acids is 1. The molecule has 8 heteroatoms. The number of aryl methyl sites for hydroxylation is 4. The average molecular weight is 632 g/mol. The zero-order valence-corrected chi connectivity index (χ0v) is 24.2. The maximum absolute atomic E-state index is 13.5. The van der Waals surface area contributed by atoms with Gasteiger partial charge in [-0.3, -0.25) is 0 Å². The summed E-state index contributed by atoms with van der Waals surface area (Å²) in [5.74, 6) is -1.75. The smallest absolute Gasteiger partial charge is 0.340 e. The number of phenolic OH excluding ortho intramolecular Hbond substituents is 2. The first kappa shape index (κ1) is 27.2. The molecule has 3 N–H and O–H groups in total. The minimum absolute atomic E-state index is 0.0376. The first-order chi connectivity index (χ1) is 17.6. The van der Waals surface area contributed by atoms with Crippen LogP contribution in [0.25, 0.3) is 0 Å². The molecule has 194 valence electrons. The standard InChI is InChI=1S/C29H28Br2O6/c1-5-14-11-16(7-3)25(32)23(30)21(14)29(22-15(6-2)12-17(8-4)26(33)24(22)31)20-10-9-18(27(34)35)13-19(20)28(36)37-29/h9-13,32-33H,5-8H2,1-4H3,(H,34,35). The number of hydrogen-bond acceptors (Lipinski definition) is 5. The normalized spacial score (nSPS) is 13.9. The number of carbonyl (C=O) groups excluding carboxylic acids is 1. The van der Waals surface area contributed by atoms with Gasteiger partial charge in [0.1, 0.15) is 11.5 Å². The SMILES string of the molecule is CCc1cc(CC)c(C2(c3c(CC)cc(CC)c(O)c3Br)OC(=O)c3cc(C(=O)O)ccc32)c(Br)c1O. The van der Waals surface area contributed by atoms with Crippen LogP contribution in [0.4, 0.5) is 0 Å². The molecule has 0 saturated heterocycles. The lowest BCUT2D eigenvalue weighted by Gasteiger charge is -2.36. The van der Waals surface area contributed by atoms with Crippen LogP contribution in [0.1, 0.15) is 87.4 Å². The summed E-state index contributed by atoms with van der Waals surface area (Å²) >= 11 is 7.24. The van der Waals surface area contributed by atoms with E-state index in [0.29, 0.717) is 51.3 Å². The van der Waals surface area contributed by atoms with Gasteiger partial charge in [0.05, 0.1) is 20.1 Å². The fourth-order valence-electron chi connectivity index (χ4n) is 5.26. The van der Waals surface area contributed by atoms with Gasteiger partial charge in [-0.05, 0) is 91.9 Å². The highest BCUT2D eigenvalue weighted by Gasteiger charge is 2.53. The quantitative estimate of drug-likeness (QED) is 0.242. The van der Waals surface area contributed by atoms with Crippen molar-refractivity contribution in [3.8, 4) is 11.5 Å². The molecule has 4 rings (SSSR count). The zero-order chi connectivity index (χ0) is 27.2. The number of carboxylic acids is 1. The predicted octanol–water partition coefficient (Wildman–Crippen LogP) is 7.03. The lowest BCUT2D eigenvalue weighted by atomic mass is 9.74. The molecular weight excluding hydrogens is 604 g/mol. The summed E-state index contributed by atoms with van der Waals surface area (Å²) < 4.78 is 7.09. The van der Waals surface area contributed by atoms with Crippen LogP contribution >= 0.6 is 31.9 Å². The van der Waals surface area contributed by atoms with E-state index in [4.69, 9.17) is 4.74 Å². The van der Waals surface area contributed by atoms with Crippen molar-refractivity contribution in [2.75, 3.05) is 0 Å². The highest BCUT2D eigenvalue weighted by atomic mass is 79.9. The van der Waals surface area contributed by atoms with Gasteiger partial charge in [-0.15, -0.1) is 0 Å². The molecule has 0 aromatic heterocycles. The Kier molecular flexibility index (Phi) is 7.45. The lowest BCUT2D eigenvalue weighted by molar-refractivity contribution is 0.0241. The average Bonchev–Trinajstić information content (AvgIpc) is 3.18. The van der Waals surface area contributed by atoms with Crippen molar-refractivity contribution < 1.29 is 29.6 Å². The Balaban J connectivity index is 2.26. The Morgan fingerprint density at radius 1 is 0.811 bits per heavy atom. The molecule has 0 radical (unpaired) electrons. The molecule has 0 fully saturated rings. The second-order valence-electron chi connectivity index (χ2n) is 9.02. The molecule has 0 unspecified atom stereocenters. The number of fused-ring (bicyclic) bond motifs is 1. The van der Waals surface area contributed by atoms with E-state index in [2.05, 4.69) is 31.9 Å². The Labute approximate surface area is 232 Å². The number of carbonyl (C=O) groups is 2. The van der Waals surface area contributed by atoms with Gasteiger partial charge in [0, 0.05) is 16.7 Å². The summed E-state index contributed by atoms with van der Waals surface area (Å²) in [5, 5.41) is 31.9. The van der Waals surface area contributed by atoms with Crippen LogP contribution in [0.5, 0.6) is 11.5 Å². The van der Waals surface area contributed by atoms with Crippen molar-refractivity contribution in [1.29, 1.82) is 0 Å². The van der Waals surface area contributed by atoms with Crippen LogP contribution in [0.2, 0.25) is 0 Å². The lowest BCUT2D eigenvalue weighted by Crippen LogP contribution is -2.33. The van der Waals surface area contributed by atoms with E-state index >= 15 is 0 Å². The number of cyclic esters (lactones) is 1. The third-order valence-electron chi connectivity index (χ3n) is 7.14. The van der Waals surface area contributed by atoms with E-state index in [1.54, 1.807) is 6.07 Å². The number of phenols is 2. The van der Waals surface area contributed by atoms with Crippen LogP contribution in [0.3, 0.4) is 0 Å². The Hall–Kier alpha value is -2.84. The van der Waals surface area contributed by atoms with Gasteiger partial charge in [-0.1, -0.05) is 45.9 Å². The van der Waals surface area contributed by atoms with Crippen molar-refractivity contribution >= 4 is 43.8 Å². The van der Waals surface area contributed by atoms with Crippen molar-refractivity contribution in [2.24, 2.45) is 0 Å². The number of hydrogen-bond donors (Lipinski definition) is 3. The summed E-state index contributed by atoms with van der Waals surface area (Å²) in [4.78, 5) is 25.2. The topological polar surface area (TPSA) is 104 Å². The monoisotopic (exact) mass is 630 g/mol. The van der Waals surface area contributed by atoms with E-state index in [1.165, 1.54) is 12.1 Å². The molecule has 0 bridgehead atoms. The molecule has 1 heterocycles. The maximum atomic E-state index is 13.5. The molecule has 1 aliphatic heterocycles. The van der Waals surface area contributed by atoms with Crippen molar-refractivity contribution in [2.45, 2.75) is 59.0 Å². The minimum atomic E-state index is -1.56. The summed E-state index contributed by atoms with van der Waals surface area (Å²) in [6, 6.07) is 8.18. The maximum Gasteiger partial charge on any atom is 0.340 e. The number of esters is 1. The fourth-order valence-corrected chi connectivity index (χ4v) is 6.84. The van der Waals surface area contributed by atoms with E-state index in [0.717, 1.165) is 22.3 Å². The first-order valence-corrected chi connectivity index (χ1v) is 13.8. The Bertz CT molecular complexity index is 1380. The number of rotatable bonds is 7. The summed E-state index contributed by atoms with van der Waals surface area (Å²) in [5.41, 5.74) is 3.23. The molecular formula is C29H28Br2O6. The third-order valence-corrected chi connectivity index (χ3v) is 8.69. The molecule has 0 amide bonds. The van der Waals surface area contributed by atoms with E-state index in [1.807, 2.05) is 39.8 Å². The number of aromatic hydroxyl groups is 2. The summed E-state index contributed by atoms with van der Waals surface area (Å²) in [6.45, 7) is 7.85. The van der Waals surface area contributed by atoms with Crippen LogP contribution in [0.15, 0.2) is 39.3 Å². The van der Waals surface area contributed by atoms with Crippen molar-refractivity contribution in [3.63, 3.8) is 0 Å². The summed E-state index contributed by atoms with van der Waals surface area (Å²) in [6.07, 6.45) is 2.33. The van der Waals surface area contributed by atoms with Gasteiger partial charge in [-0.2, -0.15) is 0 Å². The van der Waals surface area contributed by atoms with Gasteiger partial charge >= 0.3 is 11.9 Å². The Morgan fingerprint density at radius 3 is 1.68 bits per heavy atom. The highest BCUT2D eigenvalue weighted by Crippen LogP contribution is 2.56. The second-order valence-corrected chi connectivity index (χ2v) is 10.6. The van der Waals surface area contributed by atoms with Gasteiger partial charge in [0.2, 0.25) is 0 Å². The van der Waals surface area contributed by atoms with E-state index in [9.17, 15) is 24.9 Å².